The molecular weight excluding hydrogens is 495 g/mol. The molecule has 2 aromatic carbocycles. The van der Waals surface area contributed by atoms with Crippen LogP contribution in [0.2, 0.25) is 10.0 Å². The van der Waals surface area contributed by atoms with E-state index in [0.29, 0.717) is 28.2 Å². The average molecular weight is 517 g/mol. The number of carboxylic acids is 1. The number of halogens is 6. The first-order valence-electron chi connectivity index (χ1n) is 10.8. The highest BCUT2D eigenvalue weighted by Gasteiger charge is 2.32. The Morgan fingerprint density at radius 3 is 2.44 bits per heavy atom. The molecule has 1 aliphatic heterocycles. The van der Waals surface area contributed by atoms with E-state index in [1.54, 1.807) is 6.07 Å². The third-order valence-electron chi connectivity index (χ3n) is 6.30. The fourth-order valence-electron chi connectivity index (χ4n) is 4.51. The minimum Gasteiger partial charge on any atom is -0.481 e. The predicted octanol–water partition coefficient (Wildman–Crippen LogP) is 6.84. The van der Waals surface area contributed by atoms with Crippen LogP contribution in [-0.4, -0.2) is 33.6 Å². The molecule has 1 N–H and O–H groups in total. The maximum absolute atomic E-state index is 14.6. The molecular formula is C24H22Cl2F4N2O2. The van der Waals surface area contributed by atoms with E-state index in [2.05, 4.69) is 4.90 Å². The van der Waals surface area contributed by atoms with Crippen LogP contribution >= 0.6 is 23.2 Å². The highest BCUT2D eigenvalue weighted by atomic mass is 35.5. The minimum atomic E-state index is -4.64. The van der Waals surface area contributed by atoms with Crippen LogP contribution in [0.15, 0.2) is 36.5 Å². The number of piperidine rings is 1. The van der Waals surface area contributed by atoms with Crippen molar-refractivity contribution in [3.8, 4) is 0 Å². The predicted molar refractivity (Wildman–Crippen MR) is 123 cm³/mol. The molecule has 3 aromatic rings. The van der Waals surface area contributed by atoms with Gasteiger partial charge in [0.2, 0.25) is 0 Å². The molecule has 0 unspecified atom stereocenters. The lowest BCUT2D eigenvalue weighted by atomic mass is 9.93. The number of hydrogen-bond acceptors (Lipinski definition) is 2. The van der Waals surface area contributed by atoms with Gasteiger partial charge in [-0.1, -0.05) is 29.3 Å². The molecule has 1 fully saturated rings. The van der Waals surface area contributed by atoms with E-state index >= 15 is 0 Å². The third-order valence-corrected chi connectivity index (χ3v) is 7.13. The van der Waals surface area contributed by atoms with Gasteiger partial charge >= 0.3 is 12.1 Å². The van der Waals surface area contributed by atoms with E-state index in [0.717, 1.165) is 37.6 Å². The van der Waals surface area contributed by atoms with E-state index in [1.807, 2.05) is 6.07 Å². The number of alkyl halides is 3. The molecule has 182 valence electrons. The molecule has 1 aromatic heterocycles. The molecule has 0 saturated carbocycles. The van der Waals surface area contributed by atoms with Gasteiger partial charge in [0, 0.05) is 35.1 Å². The zero-order valence-corrected chi connectivity index (χ0v) is 19.5. The van der Waals surface area contributed by atoms with Crippen molar-refractivity contribution in [2.45, 2.75) is 38.5 Å². The Labute approximate surface area is 203 Å². The second-order valence-corrected chi connectivity index (χ2v) is 9.44. The zero-order chi connectivity index (χ0) is 24.6. The second-order valence-electron chi connectivity index (χ2n) is 8.65. The number of carbonyl (C=O) groups is 1. The summed E-state index contributed by atoms with van der Waals surface area (Å²) in [5.74, 6) is -1.59. The molecule has 34 heavy (non-hydrogen) atoms. The van der Waals surface area contributed by atoms with Crippen LogP contribution in [0.3, 0.4) is 0 Å². The maximum atomic E-state index is 14.6. The van der Waals surface area contributed by atoms with E-state index in [1.165, 1.54) is 16.8 Å². The van der Waals surface area contributed by atoms with Crippen LogP contribution in [0.1, 0.15) is 36.0 Å². The Bertz CT molecular complexity index is 1220. The fraction of sp³-hybridized carbons (Fsp3) is 0.375. The number of hydrogen-bond donors (Lipinski definition) is 1. The van der Waals surface area contributed by atoms with Crippen LogP contribution in [0, 0.1) is 11.7 Å². The van der Waals surface area contributed by atoms with Crippen molar-refractivity contribution >= 4 is 40.1 Å². The second kappa shape index (κ2) is 9.76. The molecule has 0 atom stereocenters. The summed E-state index contributed by atoms with van der Waals surface area (Å²) in [5.41, 5.74) is 0.388. The van der Waals surface area contributed by atoms with Gasteiger partial charge in [-0.15, -0.1) is 0 Å². The molecule has 0 aliphatic carbocycles. The largest absolute Gasteiger partial charge is 0.481 e. The number of aliphatic carboxylic acids is 1. The standard InChI is InChI=1S/C24H22Cl2F4N2O2/c25-19-2-1-16(12-31-6-3-14(4-7-31)9-21(33)34)22(26)18(19)13-32-8-5-15-10-17(24(28,29)30)11-20(27)23(15)32/h1-2,5,8,10-11,14H,3-4,6-7,9,12-13H2,(H,33,34). The maximum Gasteiger partial charge on any atom is 0.416 e. The van der Waals surface area contributed by atoms with Crippen molar-refractivity contribution in [3.63, 3.8) is 0 Å². The molecule has 1 saturated heterocycles. The van der Waals surface area contributed by atoms with Crippen molar-refractivity contribution < 1.29 is 27.5 Å². The number of rotatable bonds is 6. The van der Waals surface area contributed by atoms with Crippen molar-refractivity contribution in [3.05, 3.63) is 69.1 Å². The summed E-state index contributed by atoms with van der Waals surface area (Å²) in [6, 6.07) is 6.37. The Hall–Kier alpha value is -2.29. The minimum absolute atomic E-state index is 0.0473. The van der Waals surface area contributed by atoms with Gasteiger partial charge in [0.15, 0.2) is 0 Å². The van der Waals surface area contributed by atoms with Gasteiger partial charge in [0.1, 0.15) is 5.82 Å². The number of carboxylic acid groups (broad SMARTS) is 1. The normalized spacial score (nSPS) is 15.8. The molecule has 0 radical (unpaired) electrons. The topological polar surface area (TPSA) is 45.5 Å². The Morgan fingerprint density at radius 1 is 1.09 bits per heavy atom. The van der Waals surface area contributed by atoms with Gasteiger partial charge in [-0.2, -0.15) is 13.2 Å². The smallest absolute Gasteiger partial charge is 0.416 e. The van der Waals surface area contributed by atoms with Gasteiger partial charge in [-0.3, -0.25) is 9.69 Å². The average Bonchev–Trinajstić information content (AvgIpc) is 3.17. The molecule has 2 heterocycles. The van der Waals surface area contributed by atoms with Crippen LogP contribution in [0.5, 0.6) is 0 Å². The van der Waals surface area contributed by atoms with Crippen LogP contribution in [-0.2, 0) is 24.1 Å². The number of fused-ring (bicyclic) bond motifs is 1. The van der Waals surface area contributed by atoms with Crippen LogP contribution in [0.4, 0.5) is 17.6 Å². The molecule has 10 heteroatoms. The van der Waals surface area contributed by atoms with Crippen molar-refractivity contribution in [1.29, 1.82) is 0 Å². The third kappa shape index (κ3) is 5.34. The lowest BCUT2D eigenvalue weighted by Crippen LogP contribution is -2.34. The van der Waals surface area contributed by atoms with E-state index < -0.39 is 23.5 Å². The lowest BCUT2D eigenvalue weighted by molar-refractivity contribution is -0.139. The van der Waals surface area contributed by atoms with Gasteiger partial charge in [-0.05, 0) is 61.7 Å². The molecule has 0 spiro atoms. The highest BCUT2D eigenvalue weighted by Crippen LogP contribution is 2.35. The summed E-state index contributed by atoms with van der Waals surface area (Å²) in [6.07, 6.45) is -1.37. The van der Waals surface area contributed by atoms with Gasteiger partial charge in [-0.25, -0.2) is 4.39 Å². The Balaban J connectivity index is 1.55. The Morgan fingerprint density at radius 2 is 1.79 bits per heavy atom. The first-order valence-corrected chi connectivity index (χ1v) is 11.5. The molecule has 4 nitrogen and oxygen atoms in total. The summed E-state index contributed by atoms with van der Waals surface area (Å²) in [4.78, 5) is 13.1. The number of likely N-dealkylation sites (tertiary alicyclic amines) is 1. The van der Waals surface area contributed by atoms with E-state index in [-0.39, 0.29) is 29.8 Å². The SMILES string of the molecule is O=C(O)CC1CCN(Cc2ccc(Cl)c(Cn3ccc4cc(C(F)(F)F)cc(F)c43)c2Cl)CC1. The van der Waals surface area contributed by atoms with Crippen molar-refractivity contribution in [1.82, 2.24) is 9.47 Å². The fourth-order valence-corrected chi connectivity index (χ4v) is 5.06. The summed E-state index contributed by atoms with van der Waals surface area (Å²) < 4.78 is 55.2. The number of nitrogens with zero attached hydrogens (tertiary/aromatic N) is 2. The number of aromatic nitrogens is 1. The summed E-state index contributed by atoms with van der Waals surface area (Å²) >= 11 is 13.1. The van der Waals surface area contributed by atoms with Gasteiger partial charge < -0.3 is 9.67 Å². The molecule has 0 amide bonds. The quantitative estimate of drug-likeness (QED) is 0.364. The Kier molecular flexibility index (Phi) is 7.12. The van der Waals surface area contributed by atoms with Gasteiger partial charge in [0.05, 0.1) is 22.6 Å². The zero-order valence-electron chi connectivity index (χ0n) is 18.0. The van der Waals surface area contributed by atoms with E-state index in [9.17, 15) is 22.4 Å². The lowest BCUT2D eigenvalue weighted by Gasteiger charge is -2.31. The van der Waals surface area contributed by atoms with Crippen molar-refractivity contribution in [2.24, 2.45) is 5.92 Å². The first kappa shape index (κ1) is 24.8. The summed E-state index contributed by atoms with van der Waals surface area (Å²) in [7, 11) is 0. The molecule has 1 aliphatic rings. The van der Waals surface area contributed by atoms with Crippen LogP contribution in [0.25, 0.3) is 10.9 Å². The monoisotopic (exact) mass is 516 g/mol. The molecule has 0 bridgehead atoms. The highest BCUT2D eigenvalue weighted by molar-refractivity contribution is 6.36. The summed E-state index contributed by atoms with van der Waals surface area (Å²) in [6.45, 7) is 2.15. The van der Waals surface area contributed by atoms with Crippen molar-refractivity contribution in [2.75, 3.05) is 13.1 Å². The van der Waals surface area contributed by atoms with Gasteiger partial charge in [0.25, 0.3) is 0 Å². The summed E-state index contributed by atoms with van der Waals surface area (Å²) in [5, 5.41) is 9.92. The number of benzene rings is 2. The van der Waals surface area contributed by atoms with E-state index in [4.69, 9.17) is 28.3 Å². The van der Waals surface area contributed by atoms with Crippen LogP contribution < -0.4 is 0 Å². The first-order chi connectivity index (χ1) is 16.0. The molecule has 4 rings (SSSR count).